The van der Waals surface area contributed by atoms with Crippen LogP contribution in [0, 0.1) is 0 Å². The predicted molar refractivity (Wildman–Crippen MR) is 82.5 cm³/mol. The lowest BCUT2D eigenvalue weighted by Gasteiger charge is -2.16. The van der Waals surface area contributed by atoms with E-state index in [-0.39, 0.29) is 5.91 Å². The maximum atomic E-state index is 12.3. The number of anilines is 1. The number of rotatable bonds is 4. The second kappa shape index (κ2) is 6.35. The van der Waals surface area contributed by atoms with Crippen molar-refractivity contribution in [2.45, 2.75) is 25.8 Å². The summed E-state index contributed by atoms with van der Waals surface area (Å²) in [6, 6.07) is 16.5. The van der Waals surface area contributed by atoms with E-state index in [9.17, 15) is 4.79 Å². The third kappa shape index (κ3) is 3.25. The highest BCUT2D eigenvalue weighted by molar-refractivity contribution is 5.96. The molecule has 2 rings (SSSR count). The van der Waals surface area contributed by atoms with E-state index in [1.165, 1.54) is 0 Å². The number of benzene rings is 2. The van der Waals surface area contributed by atoms with Crippen LogP contribution in [0.1, 0.15) is 36.9 Å². The zero-order valence-corrected chi connectivity index (χ0v) is 11.8. The lowest BCUT2D eigenvalue weighted by molar-refractivity contribution is -0.117. The molecule has 0 unspecified atom stereocenters. The van der Waals surface area contributed by atoms with E-state index < -0.39 is 6.04 Å². The van der Waals surface area contributed by atoms with Crippen molar-refractivity contribution in [3.63, 3.8) is 0 Å². The molecule has 3 nitrogen and oxygen atoms in total. The number of carbonyl (C=O) groups excluding carboxylic acids is 1. The van der Waals surface area contributed by atoms with E-state index in [4.69, 9.17) is 5.73 Å². The number of nitrogens with two attached hydrogens (primary N) is 1. The van der Waals surface area contributed by atoms with Gasteiger partial charge in [-0.1, -0.05) is 62.4 Å². The number of hydrogen-bond acceptors (Lipinski definition) is 2. The number of nitrogens with one attached hydrogen (secondary N) is 1. The Morgan fingerprint density at radius 2 is 1.60 bits per heavy atom. The predicted octanol–water partition coefficient (Wildman–Crippen LogP) is 3.45. The average molecular weight is 268 g/mol. The van der Waals surface area contributed by atoms with Gasteiger partial charge < -0.3 is 11.1 Å². The highest BCUT2D eigenvalue weighted by atomic mass is 16.2. The smallest absolute Gasteiger partial charge is 0.245 e. The summed E-state index contributed by atoms with van der Waals surface area (Å²) in [5.74, 6) is 0.156. The van der Waals surface area contributed by atoms with Crippen LogP contribution < -0.4 is 11.1 Å². The monoisotopic (exact) mass is 268 g/mol. The molecule has 1 atom stereocenters. The number of carbonyl (C=O) groups is 1. The van der Waals surface area contributed by atoms with E-state index in [1.54, 1.807) is 0 Å². The summed E-state index contributed by atoms with van der Waals surface area (Å²) in [5.41, 5.74) is 8.76. The minimum Gasteiger partial charge on any atom is -0.324 e. The molecular weight excluding hydrogens is 248 g/mol. The van der Waals surface area contributed by atoms with Crippen LogP contribution in [0.3, 0.4) is 0 Å². The van der Waals surface area contributed by atoms with Gasteiger partial charge in [-0.25, -0.2) is 0 Å². The second-order valence-corrected chi connectivity index (χ2v) is 5.12. The largest absolute Gasteiger partial charge is 0.324 e. The summed E-state index contributed by atoms with van der Waals surface area (Å²) < 4.78 is 0. The van der Waals surface area contributed by atoms with Gasteiger partial charge in [0.15, 0.2) is 0 Å². The van der Waals surface area contributed by atoms with Crippen LogP contribution in [0.4, 0.5) is 5.69 Å². The maximum absolute atomic E-state index is 12.3. The standard InChI is InChI=1S/C17H20N2O/c1-12(2)14-10-6-7-11-15(14)19-17(20)16(18)13-8-4-3-5-9-13/h3-12,16H,18H2,1-2H3,(H,19,20)/t16-/m0/s1. The molecule has 1 amide bonds. The lowest BCUT2D eigenvalue weighted by atomic mass is 10.0. The molecule has 0 aliphatic heterocycles. The van der Waals surface area contributed by atoms with E-state index in [0.29, 0.717) is 5.92 Å². The molecule has 3 N–H and O–H groups in total. The Hall–Kier alpha value is -2.13. The first-order chi connectivity index (χ1) is 9.59. The quantitative estimate of drug-likeness (QED) is 0.892. The summed E-state index contributed by atoms with van der Waals surface area (Å²) in [5, 5.41) is 2.93. The fourth-order valence-corrected chi connectivity index (χ4v) is 2.14. The molecule has 0 radical (unpaired) electrons. The molecular formula is C17H20N2O. The molecule has 0 saturated heterocycles. The Balaban J connectivity index is 2.16. The number of amides is 1. The van der Waals surface area contributed by atoms with Gasteiger partial charge in [0, 0.05) is 5.69 Å². The third-order valence-corrected chi connectivity index (χ3v) is 3.28. The normalized spacial score (nSPS) is 12.2. The van der Waals surface area contributed by atoms with Crippen molar-refractivity contribution in [3.05, 3.63) is 65.7 Å². The van der Waals surface area contributed by atoms with Gasteiger partial charge in [0.2, 0.25) is 5.91 Å². The van der Waals surface area contributed by atoms with Crippen LogP contribution in [-0.4, -0.2) is 5.91 Å². The van der Waals surface area contributed by atoms with Gasteiger partial charge >= 0.3 is 0 Å². The summed E-state index contributed by atoms with van der Waals surface area (Å²) in [6.45, 7) is 4.20. The lowest BCUT2D eigenvalue weighted by Crippen LogP contribution is -2.28. The van der Waals surface area contributed by atoms with Crippen molar-refractivity contribution in [3.8, 4) is 0 Å². The highest BCUT2D eigenvalue weighted by Crippen LogP contribution is 2.24. The Bertz CT molecular complexity index is 579. The van der Waals surface area contributed by atoms with Crippen LogP contribution in [0.15, 0.2) is 54.6 Å². The molecule has 2 aromatic rings. The first-order valence-electron chi connectivity index (χ1n) is 6.80. The Morgan fingerprint density at radius 1 is 1.00 bits per heavy atom. The highest BCUT2D eigenvalue weighted by Gasteiger charge is 2.17. The third-order valence-electron chi connectivity index (χ3n) is 3.28. The van der Waals surface area contributed by atoms with Gasteiger partial charge in [-0.05, 0) is 23.1 Å². The molecule has 0 fully saturated rings. The average Bonchev–Trinajstić information content (AvgIpc) is 2.47. The van der Waals surface area contributed by atoms with E-state index in [0.717, 1.165) is 16.8 Å². The molecule has 2 aromatic carbocycles. The van der Waals surface area contributed by atoms with Gasteiger partial charge in [-0.2, -0.15) is 0 Å². The van der Waals surface area contributed by atoms with Crippen molar-refractivity contribution in [2.24, 2.45) is 5.73 Å². The van der Waals surface area contributed by atoms with Crippen LogP contribution in [0.25, 0.3) is 0 Å². The summed E-state index contributed by atoms with van der Waals surface area (Å²) >= 11 is 0. The minimum absolute atomic E-state index is 0.190. The van der Waals surface area contributed by atoms with Crippen LogP contribution >= 0.6 is 0 Å². The molecule has 0 heterocycles. The SMILES string of the molecule is CC(C)c1ccccc1NC(=O)[C@@H](N)c1ccccc1. The van der Waals surface area contributed by atoms with Crippen molar-refractivity contribution < 1.29 is 4.79 Å². The van der Waals surface area contributed by atoms with Gasteiger partial charge in [-0.15, -0.1) is 0 Å². The van der Waals surface area contributed by atoms with Crippen molar-refractivity contribution in [1.29, 1.82) is 0 Å². The van der Waals surface area contributed by atoms with Crippen LogP contribution in [0.5, 0.6) is 0 Å². The molecule has 0 aliphatic carbocycles. The molecule has 0 bridgehead atoms. The first-order valence-corrected chi connectivity index (χ1v) is 6.80. The number of hydrogen-bond donors (Lipinski definition) is 2. The van der Waals surface area contributed by atoms with E-state index >= 15 is 0 Å². The fraction of sp³-hybridized carbons (Fsp3) is 0.235. The van der Waals surface area contributed by atoms with E-state index in [1.807, 2.05) is 54.6 Å². The summed E-state index contributed by atoms with van der Waals surface area (Å²) in [7, 11) is 0. The summed E-state index contributed by atoms with van der Waals surface area (Å²) in [4.78, 5) is 12.3. The minimum atomic E-state index is -0.656. The molecule has 0 aromatic heterocycles. The Kier molecular flexibility index (Phi) is 4.53. The maximum Gasteiger partial charge on any atom is 0.245 e. The molecule has 0 spiro atoms. The molecule has 3 heteroatoms. The van der Waals surface area contributed by atoms with Gasteiger partial charge in [0.25, 0.3) is 0 Å². The Labute approximate surface area is 119 Å². The van der Waals surface area contributed by atoms with Gasteiger partial charge in [-0.3, -0.25) is 4.79 Å². The van der Waals surface area contributed by atoms with Crippen molar-refractivity contribution in [1.82, 2.24) is 0 Å². The zero-order valence-electron chi connectivity index (χ0n) is 11.8. The van der Waals surface area contributed by atoms with Crippen LogP contribution in [0.2, 0.25) is 0 Å². The van der Waals surface area contributed by atoms with Gasteiger partial charge in [0.1, 0.15) is 6.04 Å². The van der Waals surface area contributed by atoms with Crippen molar-refractivity contribution in [2.75, 3.05) is 5.32 Å². The van der Waals surface area contributed by atoms with Crippen molar-refractivity contribution >= 4 is 11.6 Å². The molecule has 0 saturated carbocycles. The fourth-order valence-electron chi connectivity index (χ4n) is 2.14. The second-order valence-electron chi connectivity index (χ2n) is 5.12. The molecule has 0 aliphatic rings. The van der Waals surface area contributed by atoms with E-state index in [2.05, 4.69) is 19.2 Å². The molecule has 104 valence electrons. The Morgan fingerprint density at radius 3 is 2.25 bits per heavy atom. The topological polar surface area (TPSA) is 55.1 Å². The summed E-state index contributed by atoms with van der Waals surface area (Å²) in [6.07, 6.45) is 0. The van der Waals surface area contributed by atoms with Gasteiger partial charge in [0.05, 0.1) is 0 Å². The number of para-hydroxylation sites is 1. The molecule has 20 heavy (non-hydrogen) atoms. The van der Waals surface area contributed by atoms with Crippen LogP contribution in [-0.2, 0) is 4.79 Å². The zero-order chi connectivity index (χ0) is 14.5. The first kappa shape index (κ1) is 14.3.